The topological polar surface area (TPSA) is 107 Å². The van der Waals surface area contributed by atoms with Crippen LogP contribution in [0.15, 0.2) is 47.7 Å². The fourth-order valence-corrected chi connectivity index (χ4v) is 3.39. The van der Waals surface area contributed by atoms with Gasteiger partial charge in [0, 0.05) is 17.3 Å². The molecule has 1 atom stereocenters. The number of ether oxygens (including phenoxy) is 4. The maximum atomic E-state index is 13.4. The quantitative estimate of drug-likeness (QED) is 0.627. The van der Waals surface area contributed by atoms with Crippen molar-refractivity contribution in [2.75, 3.05) is 33.8 Å². The molecule has 9 heteroatoms. The highest BCUT2D eigenvalue weighted by Crippen LogP contribution is 2.37. The van der Waals surface area contributed by atoms with E-state index in [9.17, 15) is 9.59 Å². The average molecular weight is 427 g/mol. The minimum absolute atomic E-state index is 0.316. The highest BCUT2D eigenvalue weighted by Gasteiger charge is 2.33. The number of nitrogens with one attached hydrogen (secondary N) is 3. The lowest BCUT2D eigenvalue weighted by molar-refractivity contribution is -0.113. The average Bonchev–Trinajstić information content (AvgIpc) is 2.77. The number of methoxy groups -OCH3 is 4. The lowest BCUT2D eigenvalue weighted by Gasteiger charge is -2.30. The normalized spacial score (nSPS) is 15.5. The van der Waals surface area contributed by atoms with E-state index in [4.69, 9.17) is 18.9 Å². The van der Waals surface area contributed by atoms with Crippen molar-refractivity contribution in [3.63, 3.8) is 0 Å². The number of hydrogen-bond acceptors (Lipinski definition) is 6. The van der Waals surface area contributed by atoms with Crippen LogP contribution in [0.2, 0.25) is 0 Å². The Morgan fingerprint density at radius 2 is 1.52 bits per heavy atom. The van der Waals surface area contributed by atoms with Gasteiger partial charge in [0.15, 0.2) is 0 Å². The first-order valence-corrected chi connectivity index (χ1v) is 9.45. The first-order valence-electron chi connectivity index (χ1n) is 9.45. The molecule has 0 aromatic heterocycles. The molecule has 3 N–H and O–H groups in total. The lowest BCUT2D eigenvalue weighted by atomic mass is 9.93. The Kier molecular flexibility index (Phi) is 6.54. The number of amides is 3. The number of carbonyl (C=O) groups is 2. The SMILES string of the molecule is COc1ccc(OC)c(NC(=O)C2=C(C)NC(=O)N[C@H]2c2cc(OC)ccc2OC)c1. The maximum absolute atomic E-state index is 13.4. The van der Waals surface area contributed by atoms with Gasteiger partial charge in [-0.15, -0.1) is 0 Å². The number of hydrogen-bond donors (Lipinski definition) is 3. The fourth-order valence-electron chi connectivity index (χ4n) is 3.39. The van der Waals surface area contributed by atoms with E-state index < -0.39 is 18.0 Å². The molecule has 31 heavy (non-hydrogen) atoms. The molecule has 0 fully saturated rings. The van der Waals surface area contributed by atoms with Crippen molar-refractivity contribution in [1.29, 1.82) is 0 Å². The van der Waals surface area contributed by atoms with E-state index in [0.717, 1.165) is 0 Å². The molecule has 0 aliphatic carbocycles. The molecule has 0 saturated carbocycles. The van der Waals surface area contributed by atoms with Crippen molar-refractivity contribution in [3.8, 4) is 23.0 Å². The highest BCUT2D eigenvalue weighted by molar-refractivity contribution is 6.07. The Balaban J connectivity index is 2.04. The summed E-state index contributed by atoms with van der Waals surface area (Å²) in [5, 5.41) is 8.30. The molecular weight excluding hydrogens is 402 g/mol. The molecule has 3 rings (SSSR count). The Labute approximate surface area is 180 Å². The molecule has 9 nitrogen and oxygen atoms in total. The molecular formula is C22H25N3O6. The largest absolute Gasteiger partial charge is 0.497 e. The second kappa shape index (κ2) is 9.29. The van der Waals surface area contributed by atoms with Crippen LogP contribution in [0, 0.1) is 0 Å². The van der Waals surface area contributed by atoms with Crippen molar-refractivity contribution in [3.05, 3.63) is 53.2 Å². The van der Waals surface area contributed by atoms with Gasteiger partial charge in [-0.25, -0.2) is 4.79 Å². The van der Waals surface area contributed by atoms with Gasteiger partial charge >= 0.3 is 6.03 Å². The van der Waals surface area contributed by atoms with Gasteiger partial charge in [-0.1, -0.05) is 0 Å². The van der Waals surface area contributed by atoms with Gasteiger partial charge in [0.1, 0.15) is 23.0 Å². The second-order valence-electron chi connectivity index (χ2n) is 6.70. The maximum Gasteiger partial charge on any atom is 0.319 e. The van der Waals surface area contributed by atoms with Crippen molar-refractivity contribution < 1.29 is 28.5 Å². The Morgan fingerprint density at radius 1 is 0.903 bits per heavy atom. The van der Waals surface area contributed by atoms with Crippen LogP contribution in [-0.4, -0.2) is 40.4 Å². The molecule has 1 aliphatic rings. The summed E-state index contributed by atoms with van der Waals surface area (Å²) in [5.41, 5.74) is 1.74. The number of anilines is 1. The summed E-state index contributed by atoms with van der Waals surface area (Å²) in [5.74, 6) is 1.67. The van der Waals surface area contributed by atoms with E-state index >= 15 is 0 Å². The van der Waals surface area contributed by atoms with E-state index in [1.165, 1.54) is 28.4 Å². The predicted octanol–water partition coefficient (Wildman–Crippen LogP) is 2.99. The zero-order valence-electron chi connectivity index (χ0n) is 18.0. The molecule has 2 aromatic carbocycles. The zero-order valence-corrected chi connectivity index (χ0v) is 18.0. The molecule has 164 valence electrons. The van der Waals surface area contributed by atoms with Crippen molar-refractivity contribution >= 4 is 17.6 Å². The van der Waals surface area contributed by atoms with Gasteiger partial charge in [-0.2, -0.15) is 0 Å². The number of urea groups is 1. The van der Waals surface area contributed by atoms with Crippen molar-refractivity contribution in [2.45, 2.75) is 13.0 Å². The van der Waals surface area contributed by atoms with E-state index in [0.29, 0.717) is 45.5 Å². The second-order valence-corrected chi connectivity index (χ2v) is 6.70. The smallest absolute Gasteiger partial charge is 0.319 e. The molecule has 0 bridgehead atoms. The van der Waals surface area contributed by atoms with Crippen LogP contribution in [0.5, 0.6) is 23.0 Å². The molecule has 0 spiro atoms. The zero-order chi connectivity index (χ0) is 22.5. The molecule has 1 aliphatic heterocycles. The summed E-state index contributed by atoms with van der Waals surface area (Å²) in [6.07, 6.45) is 0. The van der Waals surface area contributed by atoms with Crippen LogP contribution in [0.1, 0.15) is 18.5 Å². The van der Waals surface area contributed by atoms with Gasteiger partial charge < -0.3 is 34.9 Å². The molecule has 0 saturated heterocycles. The van der Waals surface area contributed by atoms with Gasteiger partial charge in [-0.3, -0.25) is 4.79 Å². The summed E-state index contributed by atoms with van der Waals surface area (Å²) >= 11 is 0. The van der Waals surface area contributed by atoms with E-state index in [1.54, 1.807) is 43.3 Å². The molecule has 0 unspecified atom stereocenters. The first kappa shape index (κ1) is 21.8. The van der Waals surface area contributed by atoms with Crippen LogP contribution in [0.3, 0.4) is 0 Å². The monoisotopic (exact) mass is 427 g/mol. The van der Waals surface area contributed by atoms with Gasteiger partial charge in [-0.05, 0) is 37.3 Å². The summed E-state index contributed by atoms with van der Waals surface area (Å²) in [6, 6.07) is 9.06. The molecule has 0 radical (unpaired) electrons. The van der Waals surface area contributed by atoms with Crippen molar-refractivity contribution in [1.82, 2.24) is 10.6 Å². The third-order valence-electron chi connectivity index (χ3n) is 4.92. The first-order chi connectivity index (χ1) is 14.9. The Hall–Kier alpha value is -3.88. The number of carbonyl (C=O) groups excluding carboxylic acids is 2. The lowest BCUT2D eigenvalue weighted by Crippen LogP contribution is -2.46. The summed E-state index contributed by atoms with van der Waals surface area (Å²) in [6.45, 7) is 1.66. The minimum atomic E-state index is -0.768. The van der Waals surface area contributed by atoms with Crippen molar-refractivity contribution in [2.24, 2.45) is 0 Å². The Bertz CT molecular complexity index is 1030. The summed E-state index contributed by atoms with van der Waals surface area (Å²) in [4.78, 5) is 25.6. The number of allylic oxidation sites excluding steroid dienone is 1. The Morgan fingerprint density at radius 3 is 2.13 bits per heavy atom. The summed E-state index contributed by atoms with van der Waals surface area (Å²) in [7, 11) is 6.10. The van der Waals surface area contributed by atoms with E-state index in [-0.39, 0.29) is 0 Å². The van der Waals surface area contributed by atoms with E-state index in [2.05, 4.69) is 16.0 Å². The van der Waals surface area contributed by atoms with Crippen LogP contribution in [0.4, 0.5) is 10.5 Å². The van der Waals surface area contributed by atoms with Gasteiger partial charge in [0.05, 0.1) is 45.7 Å². The predicted molar refractivity (Wildman–Crippen MR) is 115 cm³/mol. The summed E-state index contributed by atoms with van der Waals surface area (Å²) < 4.78 is 21.4. The molecule has 1 heterocycles. The van der Waals surface area contributed by atoms with Crippen LogP contribution >= 0.6 is 0 Å². The highest BCUT2D eigenvalue weighted by atomic mass is 16.5. The van der Waals surface area contributed by atoms with Gasteiger partial charge in [0.25, 0.3) is 5.91 Å². The van der Waals surface area contributed by atoms with E-state index in [1.807, 2.05) is 0 Å². The standard InChI is InChI=1S/C22H25N3O6/c1-12-19(21(26)24-16-11-14(29-3)7-9-18(16)31-5)20(25-22(27)23-12)15-10-13(28-2)6-8-17(15)30-4/h6-11,20H,1-5H3,(H,24,26)(H2,23,25,27)/t20-/m0/s1. The fraction of sp³-hybridized carbons (Fsp3) is 0.273. The number of rotatable bonds is 7. The van der Waals surface area contributed by atoms with Gasteiger partial charge in [0.2, 0.25) is 0 Å². The third kappa shape index (κ3) is 4.50. The molecule has 2 aromatic rings. The van der Waals surface area contributed by atoms with Crippen LogP contribution in [0.25, 0.3) is 0 Å². The van der Waals surface area contributed by atoms with Crippen LogP contribution in [-0.2, 0) is 4.79 Å². The number of benzene rings is 2. The minimum Gasteiger partial charge on any atom is -0.497 e. The van der Waals surface area contributed by atoms with Crippen LogP contribution < -0.4 is 34.9 Å². The molecule has 3 amide bonds. The third-order valence-corrected chi connectivity index (χ3v) is 4.92.